The van der Waals surface area contributed by atoms with Gasteiger partial charge < -0.3 is 10.2 Å². The molecule has 22 heavy (non-hydrogen) atoms. The van der Waals surface area contributed by atoms with Crippen molar-refractivity contribution in [2.45, 2.75) is 6.42 Å². The molecule has 1 aliphatic rings. The van der Waals surface area contributed by atoms with Crippen molar-refractivity contribution >= 4 is 39.1 Å². The molecule has 1 saturated heterocycles. The smallest absolute Gasteiger partial charge is 0.253 e. The van der Waals surface area contributed by atoms with E-state index in [1.54, 1.807) is 6.07 Å². The average molecular weight is 346 g/mol. The van der Waals surface area contributed by atoms with Crippen LogP contribution in [0.4, 0.5) is 5.69 Å². The Kier molecular flexibility index (Phi) is 4.74. The van der Waals surface area contributed by atoms with Gasteiger partial charge in [0.05, 0.1) is 17.0 Å². The molecule has 1 atom stereocenters. The number of carbonyl (C=O) groups excluding carboxylic acids is 2. The maximum absolute atomic E-state index is 12.2. The van der Waals surface area contributed by atoms with E-state index in [9.17, 15) is 18.0 Å². The summed E-state index contributed by atoms with van der Waals surface area (Å²) in [6.07, 6.45) is 0.0656. The summed E-state index contributed by atoms with van der Waals surface area (Å²) in [7, 11) is -2.18. The summed E-state index contributed by atoms with van der Waals surface area (Å²) in [5.74, 6) is -1.29. The van der Waals surface area contributed by atoms with E-state index in [1.165, 1.54) is 24.1 Å². The number of carbonyl (C=O) groups is 2. The molecule has 2 amide bonds. The third-order valence-corrected chi connectivity index (χ3v) is 4.57. The third-order valence-electron chi connectivity index (χ3n) is 3.40. The van der Waals surface area contributed by atoms with Gasteiger partial charge in [0.25, 0.3) is 5.91 Å². The summed E-state index contributed by atoms with van der Waals surface area (Å²) in [4.78, 5) is 25.5. The maximum atomic E-state index is 12.2. The zero-order valence-electron chi connectivity index (χ0n) is 11.9. The standard InChI is InChI=1S/C13H16ClN3O4S/c1-16-13(19)10-3-2-9(14)5-11(10)17-6-8(4-12(17)18)7-22(15,20)21/h2-3,5,8H,4,6-7H2,1H3,(H,16,19)(H2,15,20,21). The molecule has 120 valence electrons. The first-order chi connectivity index (χ1) is 10.2. The van der Waals surface area contributed by atoms with Crippen LogP contribution in [-0.4, -0.2) is 39.6 Å². The van der Waals surface area contributed by atoms with Gasteiger partial charge in [-0.15, -0.1) is 0 Å². The van der Waals surface area contributed by atoms with Crippen molar-refractivity contribution in [1.29, 1.82) is 0 Å². The highest BCUT2D eigenvalue weighted by molar-refractivity contribution is 7.89. The number of primary sulfonamides is 1. The SMILES string of the molecule is CNC(=O)c1ccc(Cl)cc1N1CC(CS(N)(=O)=O)CC1=O. The van der Waals surface area contributed by atoms with Crippen LogP contribution in [-0.2, 0) is 14.8 Å². The summed E-state index contributed by atoms with van der Waals surface area (Å²) < 4.78 is 22.4. The molecule has 1 aromatic rings. The number of rotatable bonds is 4. The number of nitrogens with one attached hydrogen (secondary N) is 1. The molecule has 7 nitrogen and oxygen atoms in total. The zero-order chi connectivity index (χ0) is 16.5. The van der Waals surface area contributed by atoms with E-state index in [0.29, 0.717) is 16.3 Å². The second-order valence-electron chi connectivity index (χ2n) is 5.14. The molecule has 0 saturated carbocycles. The molecule has 0 spiro atoms. The second-order valence-corrected chi connectivity index (χ2v) is 7.24. The number of nitrogens with two attached hydrogens (primary N) is 1. The summed E-state index contributed by atoms with van der Waals surface area (Å²) in [6.45, 7) is 0.180. The molecular weight excluding hydrogens is 330 g/mol. The molecule has 0 aliphatic carbocycles. The average Bonchev–Trinajstić information content (AvgIpc) is 2.76. The fourth-order valence-corrected chi connectivity index (χ4v) is 3.56. The summed E-state index contributed by atoms with van der Waals surface area (Å²) in [5.41, 5.74) is 0.672. The van der Waals surface area contributed by atoms with Gasteiger partial charge in [0.1, 0.15) is 0 Å². The molecule has 0 aromatic heterocycles. The number of amides is 2. The van der Waals surface area contributed by atoms with Gasteiger partial charge in [-0.25, -0.2) is 13.6 Å². The molecule has 1 unspecified atom stereocenters. The highest BCUT2D eigenvalue weighted by Crippen LogP contribution is 2.31. The Bertz CT molecular complexity index is 720. The Morgan fingerprint density at radius 1 is 1.50 bits per heavy atom. The minimum Gasteiger partial charge on any atom is -0.355 e. The lowest BCUT2D eigenvalue weighted by Crippen LogP contribution is -2.30. The van der Waals surface area contributed by atoms with Crippen molar-refractivity contribution in [3.8, 4) is 0 Å². The van der Waals surface area contributed by atoms with E-state index in [1.807, 2.05) is 0 Å². The minimum atomic E-state index is -3.66. The lowest BCUT2D eigenvalue weighted by molar-refractivity contribution is -0.117. The first kappa shape index (κ1) is 16.7. The fourth-order valence-electron chi connectivity index (χ4n) is 2.51. The predicted octanol–water partition coefficient (Wildman–Crippen LogP) is 0.341. The largest absolute Gasteiger partial charge is 0.355 e. The van der Waals surface area contributed by atoms with Crippen LogP contribution >= 0.6 is 11.6 Å². The van der Waals surface area contributed by atoms with Crippen LogP contribution in [0.25, 0.3) is 0 Å². The van der Waals surface area contributed by atoms with Crippen molar-refractivity contribution in [1.82, 2.24) is 5.32 Å². The van der Waals surface area contributed by atoms with Gasteiger partial charge in [-0.2, -0.15) is 0 Å². The number of sulfonamides is 1. The molecule has 1 heterocycles. The van der Waals surface area contributed by atoms with Gasteiger partial charge in [0.2, 0.25) is 15.9 Å². The lowest BCUT2D eigenvalue weighted by Gasteiger charge is -2.20. The number of benzene rings is 1. The van der Waals surface area contributed by atoms with Crippen molar-refractivity contribution in [3.05, 3.63) is 28.8 Å². The Balaban J connectivity index is 2.34. The van der Waals surface area contributed by atoms with E-state index in [4.69, 9.17) is 16.7 Å². The summed E-state index contributed by atoms with van der Waals surface area (Å²) >= 11 is 5.95. The van der Waals surface area contributed by atoms with Crippen LogP contribution in [0.5, 0.6) is 0 Å². The van der Waals surface area contributed by atoms with Gasteiger partial charge >= 0.3 is 0 Å². The molecule has 1 aromatic carbocycles. The van der Waals surface area contributed by atoms with Crippen LogP contribution in [0.3, 0.4) is 0 Å². The molecule has 1 fully saturated rings. The number of nitrogens with zero attached hydrogens (tertiary/aromatic N) is 1. The monoisotopic (exact) mass is 345 g/mol. The zero-order valence-corrected chi connectivity index (χ0v) is 13.4. The molecule has 2 rings (SSSR count). The van der Waals surface area contributed by atoms with Crippen LogP contribution < -0.4 is 15.4 Å². The van der Waals surface area contributed by atoms with Gasteiger partial charge in [0.15, 0.2) is 0 Å². The lowest BCUT2D eigenvalue weighted by atomic mass is 10.1. The van der Waals surface area contributed by atoms with E-state index in [2.05, 4.69) is 5.32 Å². The molecule has 0 bridgehead atoms. The number of halogens is 1. The van der Waals surface area contributed by atoms with Gasteiger partial charge in [-0.05, 0) is 18.2 Å². The van der Waals surface area contributed by atoms with Crippen LogP contribution in [0.1, 0.15) is 16.8 Å². The normalized spacial score (nSPS) is 18.6. The highest BCUT2D eigenvalue weighted by Gasteiger charge is 2.34. The van der Waals surface area contributed by atoms with E-state index in [-0.39, 0.29) is 30.5 Å². The Morgan fingerprint density at radius 3 is 2.77 bits per heavy atom. The third kappa shape index (κ3) is 3.76. The van der Waals surface area contributed by atoms with Gasteiger partial charge in [0, 0.05) is 31.0 Å². The Hall–Kier alpha value is -1.64. The molecule has 1 aliphatic heterocycles. The molecule has 0 radical (unpaired) electrons. The van der Waals surface area contributed by atoms with Crippen LogP contribution in [0.15, 0.2) is 18.2 Å². The van der Waals surface area contributed by atoms with Crippen molar-refractivity contribution in [2.75, 3.05) is 24.2 Å². The first-order valence-corrected chi connectivity index (χ1v) is 8.63. The van der Waals surface area contributed by atoms with Gasteiger partial charge in [-0.3, -0.25) is 9.59 Å². The van der Waals surface area contributed by atoms with Crippen LogP contribution in [0.2, 0.25) is 5.02 Å². The first-order valence-electron chi connectivity index (χ1n) is 6.53. The quantitative estimate of drug-likeness (QED) is 0.819. The topological polar surface area (TPSA) is 110 Å². The fraction of sp³-hybridized carbons (Fsp3) is 0.385. The number of hydrogen-bond acceptors (Lipinski definition) is 4. The van der Waals surface area contributed by atoms with E-state index in [0.717, 1.165) is 0 Å². The Morgan fingerprint density at radius 2 is 2.18 bits per heavy atom. The summed E-state index contributed by atoms with van der Waals surface area (Å²) in [5, 5.41) is 7.90. The maximum Gasteiger partial charge on any atom is 0.253 e. The second kappa shape index (κ2) is 6.23. The van der Waals surface area contributed by atoms with E-state index >= 15 is 0 Å². The van der Waals surface area contributed by atoms with Crippen molar-refractivity contribution < 1.29 is 18.0 Å². The molecule has 9 heteroatoms. The van der Waals surface area contributed by atoms with Gasteiger partial charge in [-0.1, -0.05) is 11.6 Å². The van der Waals surface area contributed by atoms with Crippen LogP contribution in [0, 0.1) is 5.92 Å². The highest BCUT2D eigenvalue weighted by atomic mass is 35.5. The number of hydrogen-bond donors (Lipinski definition) is 2. The number of anilines is 1. The van der Waals surface area contributed by atoms with Crippen molar-refractivity contribution in [2.24, 2.45) is 11.1 Å². The Labute approximate surface area is 133 Å². The summed E-state index contributed by atoms with van der Waals surface area (Å²) in [6, 6.07) is 4.60. The minimum absolute atomic E-state index is 0.0656. The predicted molar refractivity (Wildman–Crippen MR) is 83.3 cm³/mol. The molecule has 3 N–H and O–H groups in total. The van der Waals surface area contributed by atoms with E-state index < -0.39 is 15.9 Å². The van der Waals surface area contributed by atoms with Crippen molar-refractivity contribution in [3.63, 3.8) is 0 Å². The molecular formula is C13H16ClN3O4S.